The third-order valence-corrected chi connectivity index (χ3v) is 3.61. The van der Waals surface area contributed by atoms with E-state index in [1.54, 1.807) is 12.1 Å². The minimum Gasteiger partial charge on any atom is -0.494 e. The van der Waals surface area contributed by atoms with E-state index >= 15 is 0 Å². The summed E-state index contributed by atoms with van der Waals surface area (Å²) in [4.78, 5) is 11.8. The van der Waals surface area contributed by atoms with Gasteiger partial charge in [-0.2, -0.15) is 0 Å². The lowest BCUT2D eigenvalue weighted by atomic mass is 10.0. The Kier molecular flexibility index (Phi) is 6.73. The normalized spacial score (nSPS) is 13.0. The van der Waals surface area contributed by atoms with Crippen LogP contribution in [-0.2, 0) is 11.3 Å². The Morgan fingerprint density at radius 1 is 1.24 bits per heavy atom. The zero-order chi connectivity index (χ0) is 18.2. The number of aliphatic hydroxyl groups is 2. The molecule has 25 heavy (non-hydrogen) atoms. The molecule has 0 aliphatic carbocycles. The number of nitrogens with one attached hydrogen (secondary N) is 1. The zero-order valence-corrected chi connectivity index (χ0v) is 13.7. The van der Waals surface area contributed by atoms with Gasteiger partial charge in [-0.1, -0.05) is 36.4 Å². The molecule has 0 aliphatic rings. The van der Waals surface area contributed by atoms with Gasteiger partial charge in [-0.25, -0.2) is 9.18 Å². The number of aliphatic hydroxyl groups excluding tert-OH is 2. The predicted octanol–water partition coefficient (Wildman–Crippen LogP) is 2.16. The summed E-state index contributed by atoms with van der Waals surface area (Å²) >= 11 is 0. The maximum Gasteiger partial charge on any atom is 0.407 e. The van der Waals surface area contributed by atoms with Gasteiger partial charge in [0.15, 0.2) is 11.6 Å². The largest absolute Gasteiger partial charge is 0.494 e. The smallest absolute Gasteiger partial charge is 0.407 e. The first kappa shape index (κ1) is 18.7. The van der Waals surface area contributed by atoms with E-state index < -0.39 is 30.7 Å². The van der Waals surface area contributed by atoms with Gasteiger partial charge in [0.1, 0.15) is 12.7 Å². The minimum absolute atomic E-state index is 0.0340. The molecule has 0 heterocycles. The summed E-state index contributed by atoms with van der Waals surface area (Å²) in [5.74, 6) is -0.617. The molecule has 0 radical (unpaired) electrons. The van der Waals surface area contributed by atoms with Crippen LogP contribution in [0.25, 0.3) is 0 Å². The number of halogens is 1. The molecule has 134 valence electrons. The van der Waals surface area contributed by atoms with Crippen LogP contribution in [0.5, 0.6) is 5.75 Å². The average molecular weight is 349 g/mol. The maximum absolute atomic E-state index is 13.7. The lowest BCUT2D eigenvalue weighted by molar-refractivity contribution is 0.0761. The van der Waals surface area contributed by atoms with Crippen molar-refractivity contribution >= 4 is 6.09 Å². The molecule has 0 saturated heterocycles. The van der Waals surface area contributed by atoms with Crippen molar-refractivity contribution < 1.29 is 28.9 Å². The van der Waals surface area contributed by atoms with Gasteiger partial charge in [0.25, 0.3) is 0 Å². The number of methoxy groups -OCH3 is 1. The Morgan fingerprint density at radius 3 is 2.56 bits per heavy atom. The van der Waals surface area contributed by atoms with Gasteiger partial charge in [-0.3, -0.25) is 0 Å². The predicted molar refractivity (Wildman–Crippen MR) is 88.5 cm³/mol. The lowest BCUT2D eigenvalue weighted by Gasteiger charge is -2.22. The summed E-state index contributed by atoms with van der Waals surface area (Å²) in [5.41, 5.74) is 0.997. The van der Waals surface area contributed by atoms with Crippen molar-refractivity contribution in [2.24, 2.45) is 0 Å². The molecule has 2 atom stereocenters. The second kappa shape index (κ2) is 9.00. The summed E-state index contributed by atoms with van der Waals surface area (Å²) in [6.07, 6.45) is -2.11. The highest BCUT2D eigenvalue weighted by Crippen LogP contribution is 2.23. The van der Waals surface area contributed by atoms with Crippen molar-refractivity contribution in [3.8, 4) is 5.75 Å². The lowest BCUT2D eigenvalue weighted by Crippen LogP contribution is -2.42. The first-order chi connectivity index (χ1) is 12.0. The number of benzene rings is 2. The van der Waals surface area contributed by atoms with E-state index in [0.29, 0.717) is 0 Å². The quantitative estimate of drug-likeness (QED) is 0.713. The Hall–Kier alpha value is -2.64. The molecule has 2 rings (SSSR count). The summed E-state index contributed by atoms with van der Waals surface area (Å²) in [5, 5.41) is 22.0. The molecule has 0 bridgehead atoms. The number of carbonyl (C=O) groups excluding carboxylic acids is 1. The van der Waals surface area contributed by atoms with Crippen molar-refractivity contribution in [2.45, 2.75) is 18.8 Å². The number of hydrogen-bond donors (Lipinski definition) is 3. The van der Waals surface area contributed by atoms with Gasteiger partial charge in [0, 0.05) is 0 Å². The van der Waals surface area contributed by atoms with Crippen LogP contribution in [0.4, 0.5) is 9.18 Å². The number of amides is 1. The molecule has 0 aliphatic heterocycles. The molecule has 7 heteroatoms. The second-order valence-corrected chi connectivity index (χ2v) is 5.33. The Bertz CT molecular complexity index is 695. The molecular formula is C18H20FNO5. The van der Waals surface area contributed by atoms with Gasteiger partial charge in [0.05, 0.1) is 19.8 Å². The number of alkyl carbamates (subject to hydrolysis) is 1. The summed E-state index contributed by atoms with van der Waals surface area (Å²) < 4.78 is 23.6. The zero-order valence-electron chi connectivity index (χ0n) is 13.7. The van der Waals surface area contributed by atoms with E-state index in [4.69, 9.17) is 9.47 Å². The van der Waals surface area contributed by atoms with Crippen molar-refractivity contribution in [2.75, 3.05) is 13.7 Å². The molecule has 2 aromatic rings. The van der Waals surface area contributed by atoms with Crippen LogP contribution >= 0.6 is 0 Å². The van der Waals surface area contributed by atoms with Crippen LogP contribution in [0.15, 0.2) is 48.5 Å². The van der Waals surface area contributed by atoms with Gasteiger partial charge in [-0.15, -0.1) is 0 Å². The van der Waals surface area contributed by atoms with Crippen molar-refractivity contribution in [1.82, 2.24) is 5.32 Å². The fourth-order valence-electron chi connectivity index (χ4n) is 2.24. The van der Waals surface area contributed by atoms with Gasteiger partial charge < -0.3 is 25.0 Å². The second-order valence-electron chi connectivity index (χ2n) is 5.33. The van der Waals surface area contributed by atoms with Crippen molar-refractivity contribution in [3.63, 3.8) is 0 Å². The highest BCUT2D eigenvalue weighted by Gasteiger charge is 2.24. The third kappa shape index (κ3) is 5.17. The van der Waals surface area contributed by atoms with Crippen LogP contribution in [0.1, 0.15) is 17.2 Å². The topological polar surface area (TPSA) is 88.0 Å². The Balaban J connectivity index is 1.96. The fraction of sp³-hybridized carbons (Fsp3) is 0.278. The monoisotopic (exact) mass is 349 g/mol. The molecule has 6 nitrogen and oxygen atoms in total. The number of ether oxygens (including phenoxy) is 2. The molecule has 1 amide bonds. The van der Waals surface area contributed by atoms with Crippen LogP contribution < -0.4 is 10.1 Å². The molecule has 0 fully saturated rings. The third-order valence-electron chi connectivity index (χ3n) is 3.61. The molecule has 1 unspecified atom stereocenters. The van der Waals surface area contributed by atoms with Gasteiger partial charge >= 0.3 is 6.09 Å². The summed E-state index contributed by atoms with van der Waals surface area (Å²) in [6.45, 7) is -0.493. The van der Waals surface area contributed by atoms with Gasteiger partial charge in [0.2, 0.25) is 0 Å². The molecule has 0 aromatic heterocycles. The van der Waals surface area contributed by atoms with Crippen molar-refractivity contribution in [3.05, 3.63) is 65.5 Å². The van der Waals surface area contributed by atoms with Crippen LogP contribution in [0.2, 0.25) is 0 Å². The Labute approximate surface area is 144 Å². The standard InChI is InChI=1S/C18H20FNO5/c1-24-16-8-7-13(9-14(16)19)17(22)15(10-21)20-18(23)25-11-12-5-3-2-4-6-12/h2-9,15,17,21-22H,10-11H2,1H3,(H,20,23)/t15-,17?/m1/s1. The van der Waals surface area contributed by atoms with Gasteiger partial charge in [-0.05, 0) is 23.3 Å². The first-order valence-electron chi connectivity index (χ1n) is 7.64. The van der Waals surface area contributed by atoms with Crippen LogP contribution in [0.3, 0.4) is 0 Å². The fourth-order valence-corrected chi connectivity index (χ4v) is 2.24. The average Bonchev–Trinajstić information content (AvgIpc) is 2.64. The van der Waals surface area contributed by atoms with Crippen LogP contribution in [-0.4, -0.2) is 36.1 Å². The van der Waals surface area contributed by atoms with Crippen LogP contribution in [0, 0.1) is 5.82 Å². The highest BCUT2D eigenvalue weighted by atomic mass is 19.1. The van der Waals surface area contributed by atoms with E-state index in [9.17, 15) is 19.4 Å². The summed E-state index contributed by atoms with van der Waals surface area (Å²) in [7, 11) is 1.33. The minimum atomic E-state index is -1.31. The molecule has 3 N–H and O–H groups in total. The van der Waals surface area contributed by atoms with Crippen molar-refractivity contribution in [1.29, 1.82) is 0 Å². The molecule has 2 aromatic carbocycles. The SMILES string of the molecule is COc1ccc(C(O)[C@@H](CO)NC(=O)OCc2ccccc2)cc1F. The number of hydrogen-bond acceptors (Lipinski definition) is 5. The maximum atomic E-state index is 13.7. The summed E-state index contributed by atoms with van der Waals surface area (Å²) in [6, 6.07) is 11.9. The highest BCUT2D eigenvalue weighted by molar-refractivity contribution is 5.67. The van der Waals surface area contributed by atoms with E-state index in [-0.39, 0.29) is 17.9 Å². The van der Waals surface area contributed by atoms with E-state index in [1.165, 1.54) is 19.2 Å². The first-order valence-corrected chi connectivity index (χ1v) is 7.64. The molecule has 0 saturated carbocycles. The number of carbonyl (C=O) groups is 1. The number of rotatable bonds is 7. The van der Waals surface area contributed by atoms with E-state index in [2.05, 4.69) is 5.32 Å². The molecular weight excluding hydrogens is 329 g/mol. The Morgan fingerprint density at radius 2 is 1.96 bits per heavy atom. The van der Waals surface area contributed by atoms with E-state index in [1.807, 2.05) is 18.2 Å². The van der Waals surface area contributed by atoms with E-state index in [0.717, 1.165) is 11.6 Å². The molecule has 0 spiro atoms.